The molecule has 2 aromatic rings. The van der Waals surface area contributed by atoms with Gasteiger partial charge in [0.1, 0.15) is 0 Å². The molecule has 0 unspecified atom stereocenters. The van der Waals surface area contributed by atoms with Crippen molar-refractivity contribution in [2.75, 3.05) is 13.6 Å². The summed E-state index contributed by atoms with van der Waals surface area (Å²) in [6.45, 7) is 3.16. The fourth-order valence-corrected chi connectivity index (χ4v) is 2.79. The van der Waals surface area contributed by atoms with Crippen LogP contribution in [0.4, 0.5) is 0 Å². The Labute approximate surface area is 114 Å². The first kappa shape index (κ1) is 12.4. The van der Waals surface area contributed by atoms with Crippen molar-refractivity contribution in [1.29, 1.82) is 0 Å². The van der Waals surface area contributed by atoms with E-state index in [0.717, 1.165) is 6.54 Å². The van der Waals surface area contributed by atoms with E-state index < -0.39 is 0 Å². The summed E-state index contributed by atoms with van der Waals surface area (Å²) in [5, 5.41) is 3.31. The smallest absolute Gasteiger partial charge is 0.0346 e. The number of hydrogen-bond acceptors (Lipinski definition) is 2. The van der Waals surface area contributed by atoms with Crippen molar-refractivity contribution >= 4 is 0 Å². The lowest BCUT2D eigenvalue weighted by molar-refractivity contribution is 0.624. The average Bonchev–Trinajstić information content (AvgIpc) is 3.20. The van der Waals surface area contributed by atoms with Crippen molar-refractivity contribution in [3.8, 4) is 11.1 Å². The first-order valence-corrected chi connectivity index (χ1v) is 6.91. The van der Waals surface area contributed by atoms with Crippen molar-refractivity contribution in [2.24, 2.45) is 0 Å². The van der Waals surface area contributed by atoms with Gasteiger partial charge in [-0.3, -0.25) is 4.98 Å². The van der Waals surface area contributed by atoms with Crippen LogP contribution >= 0.6 is 0 Å². The van der Waals surface area contributed by atoms with E-state index in [1.807, 2.05) is 19.4 Å². The molecule has 0 saturated heterocycles. The van der Waals surface area contributed by atoms with Crippen molar-refractivity contribution in [2.45, 2.75) is 25.2 Å². The minimum absolute atomic E-state index is 0.401. The van der Waals surface area contributed by atoms with Crippen molar-refractivity contribution in [3.63, 3.8) is 0 Å². The molecule has 0 amide bonds. The number of pyridine rings is 1. The number of benzene rings is 1. The zero-order valence-corrected chi connectivity index (χ0v) is 11.6. The van der Waals surface area contributed by atoms with Crippen LogP contribution in [-0.2, 0) is 5.41 Å². The van der Waals surface area contributed by atoms with E-state index in [4.69, 9.17) is 0 Å². The molecule has 98 valence electrons. The molecule has 0 spiro atoms. The van der Waals surface area contributed by atoms with Gasteiger partial charge in [0, 0.05) is 29.9 Å². The number of nitrogens with one attached hydrogen (secondary N) is 1. The third-order valence-electron chi connectivity index (χ3n) is 4.07. The summed E-state index contributed by atoms with van der Waals surface area (Å²) in [4.78, 5) is 4.26. The Hall–Kier alpha value is -1.67. The first-order valence-electron chi connectivity index (χ1n) is 6.91. The SMILES string of the molecule is CNCC1(c2ccc(-c3cncc(C)c3)cc2)CC1. The Bertz CT molecular complexity index is 568. The molecule has 0 bridgehead atoms. The standard InChI is InChI=1S/C17H20N2/c1-13-9-15(11-19-10-13)14-3-5-16(6-4-14)17(7-8-17)12-18-2/h3-6,9-11,18H,7-8,12H2,1-2H3. The summed E-state index contributed by atoms with van der Waals surface area (Å²) in [6, 6.07) is 11.2. The highest BCUT2D eigenvalue weighted by Crippen LogP contribution is 2.47. The third kappa shape index (κ3) is 2.41. The van der Waals surface area contributed by atoms with Gasteiger partial charge in [-0.25, -0.2) is 0 Å². The topological polar surface area (TPSA) is 24.9 Å². The Morgan fingerprint density at radius 2 is 1.84 bits per heavy atom. The summed E-state index contributed by atoms with van der Waals surface area (Å²) >= 11 is 0. The quantitative estimate of drug-likeness (QED) is 0.903. The average molecular weight is 252 g/mol. The lowest BCUT2D eigenvalue weighted by atomic mass is 9.94. The van der Waals surface area contributed by atoms with E-state index in [1.165, 1.54) is 35.1 Å². The fraction of sp³-hybridized carbons (Fsp3) is 0.353. The van der Waals surface area contributed by atoms with Crippen LogP contribution in [0.15, 0.2) is 42.7 Å². The van der Waals surface area contributed by atoms with Crippen LogP contribution in [0.3, 0.4) is 0 Å². The predicted molar refractivity (Wildman–Crippen MR) is 79.2 cm³/mol. The number of likely N-dealkylation sites (N-methyl/N-ethyl adjacent to an activating group) is 1. The van der Waals surface area contributed by atoms with Crippen molar-refractivity contribution in [3.05, 3.63) is 53.9 Å². The van der Waals surface area contributed by atoms with Crippen LogP contribution in [0, 0.1) is 6.92 Å². The minimum atomic E-state index is 0.401. The highest BCUT2D eigenvalue weighted by Gasteiger charge is 2.43. The molecule has 2 nitrogen and oxygen atoms in total. The lowest BCUT2D eigenvalue weighted by Crippen LogP contribution is -2.23. The van der Waals surface area contributed by atoms with E-state index in [9.17, 15) is 0 Å². The summed E-state index contributed by atoms with van der Waals surface area (Å²) in [5.41, 5.74) is 5.52. The maximum absolute atomic E-state index is 4.26. The van der Waals surface area contributed by atoms with Gasteiger partial charge in [0.25, 0.3) is 0 Å². The molecule has 1 heterocycles. The first-order chi connectivity index (χ1) is 9.23. The van der Waals surface area contributed by atoms with Crippen molar-refractivity contribution in [1.82, 2.24) is 10.3 Å². The molecule has 1 aliphatic rings. The molecule has 0 radical (unpaired) electrons. The second-order valence-corrected chi connectivity index (χ2v) is 5.64. The second-order valence-electron chi connectivity index (χ2n) is 5.64. The Morgan fingerprint density at radius 3 is 2.42 bits per heavy atom. The van der Waals surface area contributed by atoms with E-state index in [1.54, 1.807) is 0 Å². The van der Waals surface area contributed by atoms with Gasteiger partial charge >= 0.3 is 0 Å². The molecule has 1 fully saturated rings. The number of nitrogens with zero attached hydrogens (tertiary/aromatic N) is 1. The summed E-state index contributed by atoms with van der Waals surface area (Å²) in [7, 11) is 2.03. The molecule has 0 atom stereocenters. The minimum Gasteiger partial charge on any atom is -0.319 e. The van der Waals surface area contributed by atoms with Gasteiger partial charge in [-0.1, -0.05) is 24.3 Å². The fourth-order valence-electron chi connectivity index (χ4n) is 2.79. The van der Waals surface area contributed by atoms with Crippen LogP contribution in [0.25, 0.3) is 11.1 Å². The number of aromatic nitrogens is 1. The third-order valence-corrected chi connectivity index (χ3v) is 4.07. The number of rotatable bonds is 4. The van der Waals surface area contributed by atoms with Gasteiger partial charge in [-0.05, 0) is 49.6 Å². The normalized spacial score (nSPS) is 16.3. The molecule has 1 aliphatic carbocycles. The monoisotopic (exact) mass is 252 g/mol. The Balaban J connectivity index is 1.87. The van der Waals surface area contributed by atoms with Gasteiger partial charge in [-0.2, -0.15) is 0 Å². The van der Waals surface area contributed by atoms with E-state index in [2.05, 4.69) is 47.6 Å². The maximum atomic E-state index is 4.26. The van der Waals surface area contributed by atoms with Gasteiger partial charge in [0.05, 0.1) is 0 Å². The maximum Gasteiger partial charge on any atom is 0.0346 e. The van der Waals surface area contributed by atoms with Crippen LogP contribution in [-0.4, -0.2) is 18.6 Å². The zero-order valence-electron chi connectivity index (χ0n) is 11.6. The van der Waals surface area contributed by atoms with Gasteiger partial charge in [0.2, 0.25) is 0 Å². The van der Waals surface area contributed by atoms with E-state index in [-0.39, 0.29) is 0 Å². The van der Waals surface area contributed by atoms with Gasteiger partial charge < -0.3 is 5.32 Å². The van der Waals surface area contributed by atoms with Crippen molar-refractivity contribution < 1.29 is 0 Å². The molecule has 3 rings (SSSR count). The number of hydrogen-bond donors (Lipinski definition) is 1. The molecular formula is C17H20N2. The van der Waals surface area contributed by atoms with Gasteiger partial charge in [-0.15, -0.1) is 0 Å². The summed E-state index contributed by atoms with van der Waals surface area (Å²) in [5.74, 6) is 0. The second kappa shape index (κ2) is 4.78. The van der Waals surface area contributed by atoms with Crippen LogP contribution < -0.4 is 5.32 Å². The molecule has 1 aromatic heterocycles. The Morgan fingerprint density at radius 1 is 1.11 bits per heavy atom. The van der Waals surface area contributed by atoms with E-state index >= 15 is 0 Å². The van der Waals surface area contributed by atoms with Crippen LogP contribution in [0.5, 0.6) is 0 Å². The molecule has 19 heavy (non-hydrogen) atoms. The molecule has 1 aromatic carbocycles. The molecule has 1 N–H and O–H groups in total. The Kier molecular flexibility index (Phi) is 3.11. The largest absolute Gasteiger partial charge is 0.319 e. The highest BCUT2D eigenvalue weighted by atomic mass is 14.8. The molecule has 0 aliphatic heterocycles. The molecular weight excluding hydrogens is 232 g/mol. The van der Waals surface area contributed by atoms with Crippen LogP contribution in [0.1, 0.15) is 24.0 Å². The number of aryl methyl sites for hydroxylation is 1. The summed E-state index contributed by atoms with van der Waals surface area (Å²) < 4.78 is 0. The molecule has 2 heteroatoms. The highest BCUT2D eigenvalue weighted by molar-refractivity contribution is 5.63. The molecule has 1 saturated carbocycles. The predicted octanol–water partition coefficient (Wildman–Crippen LogP) is 3.31. The van der Waals surface area contributed by atoms with Crippen LogP contribution in [0.2, 0.25) is 0 Å². The zero-order chi connectivity index (χ0) is 13.3. The summed E-state index contributed by atoms with van der Waals surface area (Å²) in [6.07, 6.45) is 6.44. The van der Waals surface area contributed by atoms with E-state index in [0.29, 0.717) is 5.41 Å². The van der Waals surface area contributed by atoms with Gasteiger partial charge in [0.15, 0.2) is 0 Å². The lowest BCUT2D eigenvalue weighted by Gasteiger charge is -2.15.